The Balaban J connectivity index is 1.70. The van der Waals surface area contributed by atoms with Crippen LogP contribution in [-0.4, -0.2) is 35.6 Å². The number of carbonyl (C=O) groups excluding carboxylic acids is 3. The number of aryl methyl sites for hydroxylation is 1. The van der Waals surface area contributed by atoms with Crippen molar-refractivity contribution in [3.63, 3.8) is 0 Å². The van der Waals surface area contributed by atoms with Crippen LogP contribution in [0.1, 0.15) is 56.0 Å². The van der Waals surface area contributed by atoms with Crippen molar-refractivity contribution in [3.05, 3.63) is 101 Å². The number of nitrogens with zero attached hydrogens (tertiary/aromatic N) is 1. The van der Waals surface area contributed by atoms with Gasteiger partial charge < -0.3 is 19.9 Å². The summed E-state index contributed by atoms with van der Waals surface area (Å²) in [6, 6.07) is 20.5. The van der Waals surface area contributed by atoms with E-state index < -0.39 is 29.4 Å². The van der Waals surface area contributed by atoms with Crippen molar-refractivity contribution >= 4 is 29.2 Å². The lowest BCUT2D eigenvalue weighted by molar-refractivity contribution is -0.132. The topological polar surface area (TPSA) is 105 Å². The number of Topliss-reactive ketones (excluding diaryl/α,β-unsaturated/α-hetero) is 1. The van der Waals surface area contributed by atoms with Gasteiger partial charge in [-0.25, -0.2) is 4.79 Å². The highest BCUT2D eigenvalue weighted by atomic mass is 16.6. The number of nitrogens with one attached hydrogen (secondary N) is 1. The number of rotatable bonds is 7. The number of methoxy groups -OCH3 is 1. The number of ether oxygens (including phenoxy) is 2. The van der Waals surface area contributed by atoms with Gasteiger partial charge in [0.15, 0.2) is 0 Å². The molecule has 1 heterocycles. The second-order valence-corrected chi connectivity index (χ2v) is 10.5. The van der Waals surface area contributed by atoms with Gasteiger partial charge in [0.1, 0.15) is 17.1 Å². The first kappa shape index (κ1) is 28.4. The Kier molecular flexibility index (Phi) is 8.28. The number of anilines is 1. The monoisotopic (exact) mass is 542 g/mol. The third-order valence-electron chi connectivity index (χ3n) is 6.56. The number of benzene rings is 3. The number of aliphatic hydroxyl groups excluding tert-OH is 1. The largest absolute Gasteiger partial charge is 0.507 e. The maximum absolute atomic E-state index is 13.4. The quantitative estimate of drug-likeness (QED) is 0.219. The number of aliphatic hydroxyl groups is 1. The molecule has 1 fully saturated rings. The van der Waals surface area contributed by atoms with E-state index in [4.69, 9.17) is 9.47 Å². The third kappa shape index (κ3) is 6.17. The Morgan fingerprint density at radius 1 is 0.925 bits per heavy atom. The molecule has 0 aliphatic carbocycles. The molecule has 1 unspecified atom stereocenters. The number of hydrogen-bond acceptors (Lipinski definition) is 6. The summed E-state index contributed by atoms with van der Waals surface area (Å²) in [5, 5.41) is 14.0. The highest BCUT2D eigenvalue weighted by Gasteiger charge is 2.47. The molecule has 1 aliphatic heterocycles. The maximum Gasteiger partial charge on any atom is 0.407 e. The molecule has 3 aromatic carbocycles. The van der Waals surface area contributed by atoms with Crippen LogP contribution in [0, 0.1) is 0 Å². The summed E-state index contributed by atoms with van der Waals surface area (Å²) >= 11 is 0. The fraction of sp³-hybridized carbons (Fsp3) is 0.281. The first-order valence-electron chi connectivity index (χ1n) is 13.1. The van der Waals surface area contributed by atoms with Gasteiger partial charge in [0.25, 0.3) is 11.7 Å². The average molecular weight is 543 g/mol. The van der Waals surface area contributed by atoms with Gasteiger partial charge >= 0.3 is 6.09 Å². The fourth-order valence-electron chi connectivity index (χ4n) is 4.52. The highest BCUT2D eigenvalue weighted by molar-refractivity contribution is 6.51. The normalized spacial score (nSPS) is 16.6. The lowest BCUT2D eigenvalue weighted by Crippen LogP contribution is -2.32. The van der Waals surface area contributed by atoms with Gasteiger partial charge in [-0.15, -0.1) is 0 Å². The summed E-state index contributed by atoms with van der Waals surface area (Å²) in [5.74, 6) is -1.16. The van der Waals surface area contributed by atoms with Gasteiger partial charge in [0, 0.05) is 17.8 Å². The molecule has 1 saturated heterocycles. The third-order valence-corrected chi connectivity index (χ3v) is 6.56. The van der Waals surface area contributed by atoms with Gasteiger partial charge in [-0.05, 0) is 80.3 Å². The molecule has 8 heteroatoms. The minimum atomic E-state index is -0.834. The van der Waals surface area contributed by atoms with E-state index >= 15 is 0 Å². The average Bonchev–Trinajstić information content (AvgIpc) is 3.21. The molecule has 0 bridgehead atoms. The highest BCUT2D eigenvalue weighted by Crippen LogP contribution is 2.42. The van der Waals surface area contributed by atoms with E-state index in [-0.39, 0.29) is 17.9 Å². The molecular weight excluding hydrogens is 508 g/mol. The number of alkyl carbamates (subject to hydrolysis) is 1. The SMILES string of the molecule is CCc1ccc(C2/C(=C(\O)c3ccc(OC)cc3)C(=O)C(=O)N2c2ccc(CNC(=O)OC(C)(C)C)cc2)cc1. The Labute approximate surface area is 234 Å². The number of carbonyl (C=O) groups is 3. The Hall–Kier alpha value is -4.59. The Bertz CT molecular complexity index is 1420. The summed E-state index contributed by atoms with van der Waals surface area (Å²) in [7, 11) is 1.54. The van der Waals surface area contributed by atoms with Crippen LogP contribution < -0.4 is 15.0 Å². The Morgan fingerprint density at radius 2 is 1.52 bits per heavy atom. The van der Waals surface area contributed by atoms with Crippen LogP contribution >= 0.6 is 0 Å². The number of ketones is 1. The minimum Gasteiger partial charge on any atom is -0.507 e. The lowest BCUT2D eigenvalue weighted by atomic mass is 9.94. The van der Waals surface area contributed by atoms with Gasteiger partial charge in [0.05, 0.1) is 18.7 Å². The maximum atomic E-state index is 13.4. The zero-order valence-electron chi connectivity index (χ0n) is 23.4. The van der Waals surface area contributed by atoms with Gasteiger partial charge in [-0.3, -0.25) is 14.5 Å². The summed E-state index contributed by atoms with van der Waals surface area (Å²) < 4.78 is 10.5. The van der Waals surface area contributed by atoms with Crippen molar-refractivity contribution in [2.24, 2.45) is 0 Å². The molecular formula is C32H34N2O6. The summed E-state index contributed by atoms with van der Waals surface area (Å²) in [6.07, 6.45) is 0.307. The van der Waals surface area contributed by atoms with Gasteiger partial charge in [-0.1, -0.05) is 43.3 Å². The molecule has 3 aromatic rings. The fourth-order valence-corrected chi connectivity index (χ4v) is 4.52. The molecule has 4 rings (SSSR count). The van der Waals surface area contributed by atoms with E-state index in [0.29, 0.717) is 22.6 Å². The van der Waals surface area contributed by atoms with Crippen molar-refractivity contribution in [2.75, 3.05) is 12.0 Å². The smallest absolute Gasteiger partial charge is 0.407 e. The van der Waals surface area contributed by atoms with Gasteiger partial charge in [-0.2, -0.15) is 0 Å². The molecule has 1 aliphatic rings. The second kappa shape index (κ2) is 11.7. The van der Waals surface area contributed by atoms with E-state index in [1.807, 2.05) is 31.2 Å². The molecule has 0 radical (unpaired) electrons. The summed E-state index contributed by atoms with van der Waals surface area (Å²) in [5.41, 5.74) is 2.88. The van der Waals surface area contributed by atoms with Crippen molar-refractivity contribution in [3.8, 4) is 5.75 Å². The van der Waals surface area contributed by atoms with Crippen molar-refractivity contribution in [2.45, 2.75) is 52.3 Å². The number of hydrogen-bond donors (Lipinski definition) is 2. The standard InChI is InChI=1S/C32H34N2O6/c1-6-20-7-11-22(12-8-20)27-26(28(35)23-13-17-25(39-5)18-14-23)29(36)30(37)34(27)24-15-9-21(10-16-24)19-33-31(38)40-32(2,3)4/h7-18,27,35H,6,19H2,1-5H3,(H,33,38)/b28-26+. The van der Waals surface area contributed by atoms with Gasteiger partial charge in [0.2, 0.25) is 0 Å². The van der Waals surface area contributed by atoms with Crippen LogP contribution in [0.15, 0.2) is 78.4 Å². The molecule has 2 amide bonds. The molecule has 40 heavy (non-hydrogen) atoms. The molecule has 1 atom stereocenters. The molecule has 8 nitrogen and oxygen atoms in total. The predicted molar refractivity (Wildman–Crippen MR) is 153 cm³/mol. The zero-order chi connectivity index (χ0) is 29.0. The van der Waals surface area contributed by atoms with Crippen LogP contribution in [0.25, 0.3) is 5.76 Å². The van der Waals surface area contributed by atoms with Crippen LogP contribution in [0.2, 0.25) is 0 Å². The molecule has 0 spiro atoms. The molecule has 208 valence electrons. The molecule has 0 saturated carbocycles. The number of amides is 2. The first-order chi connectivity index (χ1) is 19.0. The molecule has 2 N–H and O–H groups in total. The van der Waals surface area contributed by atoms with Crippen LogP contribution in [0.3, 0.4) is 0 Å². The van der Waals surface area contributed by atoms with E-state index in [0.717, 1.165) is 17.5 Å². The lowest BCUT2D eigenvalue weighted by Gasteiger charge is -2.26. The van der Waals surface area contributed by atoms with Crippen LogP contribution in [0.4, 0.5) is 10.5 Å². The van der Waals surface area contributed by atoms with E-state index in [1.165, 1.54) is 4.90 Å². The van der Waals surface area contributed by atoms with Crippen molar-refractivity contribution in [1.82, 2.24) is 5.32 Å². The first-order valence-corrected chi connectivity index (χ1v) is 13.1. The van der Waals surface area contributed by atoms with Crippen LogP contribution in [0.5, 0.6) is 5.75 Å². The van der Waals surface area contributed by atoms with Crippen molar-refractivity contribution < 1.29 is 29.0 Å². The second-order valence-electron chi connectivity index (χ2n) is 10.5. The predicted octanol–water partition coefficient (Wildman–Crippen LogP) is 5.91. The van der Waals surface area contributed by atoms with E-state index in [2.05, 4.69) is 5.32 Å². The molecule has 0 aromatic heterocycles. The van der Waals surface area contributed by atoms with Crippen LogP contribution in [-0.2, 0) is 27.3 Å². The van der Waals surface area contributed by atoms with Crippen molar-refractivity contribution in [1.29, 1.82) is 0 Å². The van der Waals surface area contributed by atoms with E-state index in [1.54, 1.807) is 76.4 Å². The Morgan fingerprint density at radius 3 is 2.08 bits per heavy atom. The van der Waals surface area contributed by atoms with E-state index in [9.17, 15) is 19.5 Å². The summed E-state index contributed by atoms with van der Waals surface area (Å²) in [4.78, 5) is 40.3. The summed E-state index contributed by atoms with van der Waals surface area (Å²) in [6.45, 7) is 7.64. The zero-order valence-corrected chi connectivity index (χ0v) is 23.4. The minimum absolute atomic E-state index is 0.00934.